The smallest absolute Gasteiger partial charge is 0.264 e. The number of anilines is 1. The number of hydrogen-bond acceptors (Lipinski definition) is 7. The molecule has 0 fully saturated rings. The van der Waals surface area contributed by atoms with E-state index < -0.39 is 28.5 Å². The van der Waals surface area contributed by atoms with E-state index in [4.69, 9.17) is 37.4 Å². The van der Waals surface area contributed by atoms with E-state index in [1.807, 2.05) is 13.8 Å². The lowest BCUT2D eigenvalue weighted by Gasteiger charge is -2.32. The fourth-order valence-corrected chi connectivity index (χ4v) is 6.21. The molecule has 13 heteroatoms. The maximum absolute atomic E-state index is 14.2. The topological polar surface area (TPSA) is 114 Å². The number of unbranched alkanes of at least 4 members (excludes halogenated alkanes) is 1. The number of rotatable bonds is 16. The Morgan fingerprint density at radius 1 is 0.911 bits per heavy atom. The summed E-state index contributed by atoms with van der Waals surface area (Å²) < 4.78 is 45.5. The molecule has 1 unspecified atom stereocenters. The molecule has 0 aromatic heterocycles. The first-order valence-corrected chi connectivity index (χ1v) is 16.6. The second-order valence-electron chi connectivity index (χ2n) is 10.0. The van der Waals surface area contributed by atoms with Crippen LogP contribution >= 0.6 is 23.2 Å². The van der Waals surface area contributed by atoms with Crippen molar-refractivity contribution >= 4 is 50.7 Å². The Balaban J connectivity index is 2.07. The van der Waals surface area contributed by atoms with E-state index in [-0.39, 0.29) is 33.8 Å². The third-order valence-electron chi connectivity index (χ3n) is 6.99. The van der Waals surface area contributed by atoms with Crippen molar-refractivity contribution in [2.75, 3.05) is 38.2 Å². The van der Waals surface area contributed by atoms with E-state index in [0.29, 0.717) is 35.2 Å². The normalized spacial score (nSPS) is 11.8. The molecule has 1 atom stereocenters. The van der Waals surface area contributed by atoms with Gasteiger partial charge in [-0.1, -0.05) is 42.6 Å². The summed E-state index contributed by atoms with van der Waals surface area (Å²) in [6.45, 7) is 5.67. The number of nitrogens with one attached hydrogen (secondary N) is 1. The minimum absolute atomic E-state index is 0.0222. The highest BCUT2D eigenvalue weighted by atomic mass is 35.5. The van der Waals surface area contributed by atoms with E-state index in [9.17, 15) is 18.0 Å². The largest absolute Gasteiger partial charge is 0.494 e. The fraction of sp³-hybridized carbons (Fsp3) is 0.375. The number of sulfonamides is 1. The van der Waals surface area contributed by atoms with E-state index >= 15 is 0 Å². The molecule has 3 aromatic rings. The molecular weight excluding hydrogens is 641 g/mol. The van der Waals surface area contributed by atoms with Gasteiger partial charge in [-0.25, -0.2) is 8.42 Å². The first-order chi connectivity index (χ1) is 21.5. The highest BCUT2D eigenvalue weighted by molar-refractivity contribution is 7.92. The van der Waals surface area contributed by atoms with Gasteiger partial charge >= 0.3 is 0 Å². The SMILES string of the molecule is CCCCNC(=O)C(C)N(Cc1ccc(Cl)c(Cl)c1)C(=O)CN(c1ccc(OCC)cc1)S(=O)(=O)c1ccc(OC)c(OC)c1. The Labute approximate surface area is 275 Å². The number of amides is 2. The van der Waals surface area contributed by atoms with Crippen molar-refractivity contribution in [2.45, 2.75) is 51.1 Å². The van der Waals surface area contributed by atoms with Crippen molar-refractivity contribution in [1.29, 1.82) is 0 Å². The average molecular weight is 681 g/mol. The number of halogens is 2. The lowest BCUT2D eigenvalue weighted by molar-refractivity contribution is -0.139. The van der Waals surface area contributed by atoms with Crippen LogP contribution in [-0.2, 0) is 26.2 Å². The summed E-state index contributed by atoms with van der Waals surface area (Å²) in [5, 5.41) is 3.48. The minimum Gasteiger partial charge on any atom is -0.494 e. The van der Waals surface area contributed by atoms with Crippen LogP contribution in [-0.4, -0.2) is 65.1 Å². The van der Waals surface area contributed by atoms with Gasteiger partial charge in [0.25, 0.3) is 10.0 Å². The molecular formula is C32H39Cl2N3O7S. The lowest BCUT2D eigenvalue weighted by Crippen LogP contribution is -2.51. The molecule has 0 aliphatic rings. The third-order valence-corrected chi connectivity index (χ3v) is 9.50. The molecule has 0 saturated heterocycles. The molecule has 1 N–H and O–H groups in total. The number of nitrogens with zero attached hydrogens (tertiary/aromatic N) is 2. The van der Waals surface area contributed by atoms with E-state index in [1.54, 1.807) is 49.4 Å². The Hall–Kier alpha value is -3.67. The summed E-state index contributed by atoms with van der Waals surface area (Å²) in [4.78, 5) is 28.5. The number of hydrogen-bond donors (Lipinski definition) is 1. The number of benzene rings is 3. The summed E-state index contributed by atoms with van der Waals surface area (Å²) in [5.41, 5.74) is 0.831. The zero-order valence-electron chi connectivity index (χ0n) is 26.0. The molecule has 0 aliphatic carbocycles. The molecule has 0 heterocycles. The zero-order valence-corrected chi connectivity index (χ0v) is 28.3. The molecule has 0 saturated carbocycles. The van der Waals surface area contributed by atoms with Crippen molar-refractivity contribution < 1.29 is 32.2 Å². The van der Waals surface area contributed by atoms with Crippen molar-refractivity contribution in [3.63, 3.8) is 0 Å². The van der Waals surface area contributed by atoms with Gasteiger partial charge in [0.2, 0.25) is 11.8 Å². The molecule has 2 amide bonds. The number of ether oxygens (including phenoxy) is 3. The summed E-state index contributed by atoms with van der Waals surface area (Å²) in [5.74, 6) is 0.102. The van der Waals surface area contributed by atoms with Crippen molar-refractivity contribution in [1.82, 2.24) is 10.2 Å². The van der Waals surface area contributed by atoms with Crippen LogP contribution in [0.4, 0.5) is 5.69 Å². The summed E-state index contributed by atoms with van der Waals surface area (Å²) in [6.07, 6.45) is 1.65. The Morgan fingerprint density at radius 3 is 2.20 bits per heavy atom. The predicted molar refractivity (Wildman–Crippen MR) is 176 cm³/mol. The van der Waals surface area contributed by atoms with Crippen LogP contribution in [0.15, 0.2) is 65.6 Å². The van der Waals surface area contributed by atoms with Crippen LogP contribution in [0, 0.1) is 0 Å². The van der Waals surface area contributed by atoms with Gasteiger partial charge in [-0.05, 0) is 74.4 Å². The van der Waals surface area contributed by atoms with Crippen LogP contribution in [0.25, 0.3) is 0 Å². The standard InChI is InChI=1S/C32H39Cl2N3O7S/c1-6-8-17-35-32(39)22(3)36(20-23-9-15-27(33)28(34)18-23)31(38)21-37(24-10-12-25(13-11-24)44-7-2)45(40,41)26-14-16-29(42-4)30(19-26)43-5/h9-16,18-19,22H,6-8,17,20-21H2,1-5H3,(H,35,39). The van der Waals surface area contributed by atoms with Gasteiger partial charge in [0.15, 0.2) is 11.5 Å². The molecule has 0 spiro atoms. The second-order valence-corrected chi connectivity index (χ2v) is 12.7. The summed E-state index contributed by atoms with van der Waals surface area (Å²) in [7, 11) is -1.50. The highest BCUT2D eigenvalue weighted by Gasteiger charge is 2.33. The van der Waals surface area contributed by atoms with Crippen LogP contribution in [0.2, 0.25) is 10.0 Å². The van der Waals surface area contributed by atoms with E-state index in [1.165, 1.54) is 37.3 Å². The maximum Gasteiger partial charge on any atom is 0.264 e. The van der Waals surface area contributed by atoms with E-state index in [2.05, 4.69) is 5.32 Å². The highest BCUT2D eigenvalue weighted by Crippen LogP contribution is 2.33. The van der Waals surface area contributed by atoms with Gasteiger partial charge in [0.1, 0.15) is 18.3 Å². The maximum atomic E-state index is 14.2. The quantitative estimate of drug-likeness (QED) is 0.186. The minimum atomic E-state index is -4.34. The number of carbonyl (C=O) groups is 2. The first-order valence-electron chi connectivity index (χ1n) is 14.4. The van der Waals surface area contributed by atoms with Crippen LogP contribution in [0.3, 0.4) is 0 Å². The monoisotopic (exact) mass is 679 g/mol. The van der Waals surface area contributed by atoms with Gasteiger partial charge in [-0.3, -0.25) is 13.9 Å². The Bertz CT molecular complexity index is 1570. The number of carbonyl (C=O) groups excluding carboxylic acids is 2. The summed E-state index contributed by atoms with van der Waals surface area (Å²) in [6, 6.07) is 14.5. The Morgan fingerprint density at radius 2 is 1.60 bits per heavy atom. The molecule has 0 bridgehead atoms. The average Bonchev–Trinajstić information content (AvgIpc) is 3.03. The van der Waals surface area contributed by atoms with Crippen LogP contribution in [0.5, 0.6) is 17.2 Å². The predicted octanol–water partition coefficient (Wildman–Crippen LogP) is 5.94. The summed E-state index contributed by atoms with van der Waals surface area (Å²) >= 11 is 12.3. The zero-order chi connectivity index (χ0) is 33.1. The molecule has 10 nitrogen and oxygen atoms in total. The lowest BCUT2D eigenvalue weighted by atomic mass is 10.1. The fourth-order valence-electron chi connectivity index (χ4n) is 4.46. The van der Waals surface area contributed by atoms with Crippen molar-refractivity contribution in [2.24, 2.45) is 0 Å². The first kappa shape index (κ1) is 35.8. The van der Waals surface area contributed by atoms with Crippen LogP contribution < -0.4 is 23.8 Å². The molecule has 45 heavy (non-hydrogen) atoms. The molecule has 3 rings (SSSR count). The van der Waals surface area contributed by atoms with Gasteiger partial charge in [0, 0.05) is 19.2 Å². The van der Waals surface area contributed by atoms with Crippen molar-refractivity contribution in [3.8, 4) is 17.2 Å². The second kappa shape index (κ2) is 16.6. The van der Waals surface area contributed by atoms with Gasteiger partial charge in [0.05, 0.1) is 41.5 Å². The molecule has 0 radical (unpaired) electrons. The van der Waals surface area contributed by atoms with E-state index in [0.717, 1.165) is 17.1 Å². The Kier molecular flexibility index (Phi) is 13.2. The van der Waals surface area contributed by atoms with Gasteiger partial charge in [-0.2, -0.15) is 0 Å². The molecule has 244 valence electrons. The number of methoxy groups -OCH3 is 2. The molecule has 0 aliphatic heterocycles. The third kappa shape index (κ3) is 9.18. The van der Waals surface area contributed by atoms with Gasteiger partial charge < -0.3 is 24.4 Å². The van der Waals surface area contributed by atoms with Crippen molar-refractivity contribution in [3.05, 3.63) is 76.3 Å². The van der Waals surface area contributed by atoms with Gasteiger partial charge in [-0.15, -0.1) is 0 Å². The van der Waals surface area contributed by atoms with Crippen LogP contribution in [0.1, 0.15) is 39.2 Å². The molecule has 3 aromatic carbocycles.